The molecule has 0 aromatic heterocycles. The number of anilines is 1. The summed E-state index contributed by atoms with van der Waals surface area (Å²) in [7, 11) is -3.52. The maximum Gasteiger partial charge on any atom is 0.235 e. The number of nitrogens with two attached hydrogens (primary N) is 1. The van der Waals surface area contributed by atoms with Crippen molar-refractivity contribution in [2.24, 2.45) is 5.73 Å². The minimum Gasteiger partial charge on any atom is -0.490 e. The molecule has 0 bridgehead atoms. The molecule has 0 saturated carbocycles. The Balaban J connectivity index is 1.56. The smallest absolute Gasteiger partial charge is 0.235 e. The van der Waals surface area contributed by atoms with Gasteiger partial charge in [-0.2, -0.15) is 0 Å². The molecule has 2 aliphatic heterocycles. The lowest BCUT2D eigenvalue weighted by Gasteiger charge is -2.28. The summed E-state index contributed by atoms with van der Waals surface area (Å²) >= 11 is 0. The van der Waals surface area contributed by atoms with E-state index < -0.39 is 10.0 Å². The van der Waals surface area contributed by atoms with E-state index in [4.69, 9.17) is 15.9 Å². The molecule has 4 N–H and O–H groups in total. The maximum absolute atomic E-state index is 13.4. The number of aryl methyl sites for hydroxylation is 1. The highest BCUT2D eigenvalue weighted by atomic mass is 32.2. The number of ether oxygens (including phenoxy) is 1. The molecule has 184 valence electrons. The van der Waals surface area contributed by atoms with E-state index in [2.05, 4.69) is 5.32 Å². The number of benzene rings is 3. The van der Waals surface area contributed by atoms with Crippen LogP contribution in [0.25, 0.3) is 10.8 Å². The van der Waals surface area contributed by atoms with Gasteiger partial charge in [0.1, 0.15) is 17.7 Å². The molecule has 5 rings (SSSR count). The van der Waals surface area contributed by atoms with Gasteiger partial charge in [0.15, 0.2) is 0 Å². The lowest BCUT2D eigenvalue weighted by atomic mass is 9.98. The summed E-state index contributed by atoms with van der Waals surface area (Å²) in [4.78, 5) is 0. The largest absolute Gasteiger partial charge is 0.490 e. The standard InChI is InChI=1S/C27H32N4O3S/c1-3-35(32,33)31-25(19-6-4-18-5-7-20(27(28)29)14-21(18)13-19)16-22-15-24(12-17(2)26(22)31)34-23-8-10-30-11-9-23/h4-7,12-15,23,25,30H,3,8-11,16H2,1-2H3,(H3,28,29). The van der Waals surface area contributed by atoms with Crippen LogP contribution in [-0.2, 0) is 16.4 Å². The Morgan fingerprint density at radius 1 is 1.11 bits per heavy atom. The molecule has 0 amide bonds. The zero-order chi connectivity index (χ0) is 24.7. The first-order valence-electron chi connectivity index (χ1n) is 12.2. The Kier molecular flexibility index (Phi) is 6.19. The number of nitrogen functional groups attached to an aromatic ring is 1. The Bertz CT molecular complexity index is 1400. The lowest BCUT2D eigenvalue weighted by Crippen LogP contribution is -2.34. The third kappa shape index (κ3) is 4.48. The monoisotopic (exact) mass is 492 g/mol. The molecule has 1 atom stereocenters. The molecular formula is C27H32N4O3S. The normalized spacial score (nSPS) is 18.6. The second-order valence-electron chi connectivity index (χ2n) is 9.47. The van der Waals surface area contributed by atoms with Gasteiger partial charge in [0.2, 0.25) is 10.0 Å². The first kappa shape index (κ1) is 23.6. The van der Waals surface area contributed by atoms with Gasteiger partial charge in [-0.1, -0.05) is 24.3 Å². The second-order valence-corrected chi connectivity index (χ2v) is 11.6. The summed E-state index contributed by atoms with van der Waals surface area (Å²) in [6, 6.07) is 15.4. The molecule has 0 aliphatic carbocycles. The minimum absolute atomic E-state index is 0.0117. The number of piperidine rings is 1. The van der Waals surface area contributed by atoms with Gasteiger partial charge < -0.3 is 15.8 Å². The van der Waals surface area contributed by atoms with Crippen LogP contribution in [0, 0.1) is 12.3 Å². The van der Waals surface area contributed by atoms with E-state index in [-0.39, 0.29) is 23.7 Å². The van der Waals surface area contributed by atoms with Gasteiger partial charge in [0, 0.05) is 12.0 Å². The summed E-state index contributed by atoms with van der Waals surface area (Å²) in [6.45, 7) is 5.56. The van der Waals surface area contributed by atoms with E-state index in [1.54, 1.807) is 11.2 Å². The van der Waals surface area contributed by atoms with E-state index in [1.807, 2.05) is 55.5 Å². The average molecular weight is 493 g/mol. The fourth-order valence-electron chi connectivity index (χ4n) is 5.27. The first-order valence-corrected chi connectivity index (χ1v) is 13.8. The molecule has 1 saturated heterocycles. The number of nitrogens with one attached hydrogen (secondary N) is 2. The van der Waals surface area contributed by atoms with Crippen LogP contribution in [0.1, 0.15) is 48.1 Å². The first-order chi connectivity index (χ1) is 16.8. The second kappa shape index (κ2) is 9.17. The molecule has 8 heteroatoms. The Morgan fingerprint density at radius 3 is 2.57 bits per heavy atom. The zero-order valence-electron chi connectivity index (χ0n) is 20.2. The molecule has 3 aromatic carbocycles. The van der Waals surface area contributed by atoms with Crippen LogP contribution >= 0.6 is 0 Å². The van der Waals surface area contributed by atoms with Crippen LogP contribution in [0.15, 0.2) is 48.5 Å². The van der Waals surface area contributed by atoms with Gasteiger partial charge in [0.05, 0.1) is 17.5 Å². The number of fused-ring (bicyclic) bond motifs is 2. The fourth-order valence-corrected chi connectivity index (χ4v) is 6.68. The van der Waals surface area contributed by atoms with Crippen molar-refractivity contribution in [3.63, 3.8) is 0 Å². The van der Waals surface area contributed by atoms with Crippen molar-refractivity contribution in [2.75, 3.05) is 23.1 Å². The average Bonchev–Trinajstić information content (AvgIpc) is 3.25. The van der Waals surface area contributed by atoms with Crippen LogP contribution in [-0.4, -0.2) is 39.2 Å². The SMILES string of the molecule is CCS(=O)(=O)N1c2c(C)cc(OC3CCNCC3)cc2CC1c1ccc2ccc(C(=N)N)cc2c1. The number of sulfonamides is 1. The van der Waals surface area contributed by atoms with Crippen molar-refractivity contribution in [3.05, 3.63) is 70.8 Å². The summed E-state index contributed by atoms with van der Waals surface area (Å²) in [5, 5.41) is 13.1. The molecule has 7 nitrogen and oxygen atoms in total. The van der Waals surface area contributed by atoms with Gasteiger partial charge in [-0.15, -0.1) is 0 Å². The quantitative estimate of drug-likeness (QED) is 0.356. The van der Waals surface area contributed by atoms with Gasteiger partial charge in [-0.25, -0.2) is 8.42 Å². The molecule has 3 aromatic rings. The van der Waals surface area contributed by atoms with Crippen LogP contribution in [0.4, 0.5) is 5.69 Å². The van der Waals surface area contributed by atoms with Crippen LogP contribution < -0.4 is 20.1 Å². The number of hydrogen-bond acceptors (Lipinski definition) is 5. The molecule has 2 heterocycles. The molecule has 0 spiro atoms. The molecule has 0 radical (unpaired) electrons. The number of amidine groups is 1. The van der Waals surface area contributed by atoms with E-state index in [0.29, 0.717) is 12.0 Å². The third-order valence-electron chi connectivity index (χ3n) is 7.08. The maximum atomic E-state index is 13.4. The van der Waals surface area contributed by atoms with Crippen molar-refractivity contribution in [1.29, 1.82) is 5.41 Å². The highest BCUT2D eigenvalue weighted by Gasteiger charge is 2.39. The van der Waals surface area contributed by atoms with Gasteiger partial charge in [-0.3, -0.25) is 9.71 Å². The van der Waals surface area contributed by atoms with Crippen LogP contribution in [0.3, 0.4) is 0 Å². The van der Waals surface area contributed by atoms with Crippen LogP contribution in [0.5, 0.6) is 5.75 Å². The Labute approximate surface area is 206 Å². The summed E-state index contributed by atoms with van der Waals surface area (Å²) in [6.07, 6.45) is 2.69. The topological polar surface area (TPSA) is 109 Å². The lowest BCUT2D eigenvalue weighted by molar-refractivity contribution is 0.162. The number of rotatable bonds is 6. The number of hydrogen-bond donors (Lipinski definition) is 3. The highest BCUT2D eigenvalue weighted by Crippen LogP contribution is 2.46. The molecular weight excluding hydrogens is 460 g/mol. The third-order valence-corrected chi connectivity index (χ3v) is 8.85. The minimum atomic E-state index is -3.52. The van der Waals surface area contributed by atoms with Gasteiger partial charge >= 0.3 is 0 Å². The Hall–Kier alpha value is -3.10. The van der Waals surface area contributed by atoms with Crippen molar-refractivity contribution in [3.8, 4) is 5.75 Å². The zero-order valence-corrected chi connectivity index (χ0v) is 21.0. The van der Waals surface area contributed by atoms with E-state index in [1.165, 1.54) is 0 Å². The predicted octanol–water partition coefficient (Wildman–Crippen LogP) is 4.02. The van der Waals surface area contributed by atoms with Gasteiger partial charge in [0.25, 0.3) is 0 Å². The van der Waals surface area contributed by atoms with Crippen molar-refractivity contribution in [2.45, 2.75) is 45.3 Å². The summed E-state index contributed by atoms with van der Waals surface area (Å²) in [5.74, 6) is 0.850. The van der Waals surface area contributed by atoms with Crippen molar-refractivity contribution < 1.29 is 13.2 Å². The summed E-state index contributed by atoms with van der Waals surface area (Å²) < 4.78 is 34.6. The molecule has 1 fully saturated rings. The van der Waals surface area contributed by atoms with E-state index >= 15 is 0 Å². The van der Waals surface area contributed by atoms with Crippen molar-refractivity contribution in [1.82, 2.24) is 5.32 Å². The molecule has 2 aliphatic rings. The summed E-state index contributed by atoms with van der Waals surface area (Å²) in [5.41, 5.74) is 9.94. The molecule has 35 heavy (non-hydrogen) atoms. The van der Waals surface area contributed by atoms with E-state index in [9.17, 15) is 8.42 Å². The number of nitrogens with zero attached hydrogens (tertiary/aromatic N) is 1. The van der Waals surface area contributed by atoms with Gasteiger partial charge in [-0.05, 0) is 91.5 Å². The fraction of sp³-hybridized carbons (Fsp3) is 0.370. The van der Waals surface area contributed by atoms with E-state index in [0.717, 1.165) is 64.8 Å². The highest BCUT2D eigenvalue weighted by molar-refractivity contribution is 7.92. The predicted molar refractivity (Wildman–Crippen MR) is 141 cm³/mol. The van der Waals surface area contributed by atoms with Crippen LogP contribution in [0.2, 0.25) is 0 Å². The Morgan fingerprint density at radius 2 is 1.86 bits per heavy atom. The van der Waals surface area contributed by atoms with Crippen molar-refractivity contribution >= 4 is 32.3 Å². The molecule has 1 unspecified atom stereocenters.